The predicted octanol–water partition coefficient (Wildman–Crippen LogP) is 2.27. The molecule has 0 amide bonds. The highest BCUT2D eigenvalue weighted by Gasteiger charge is 2.06. The van der Waals surface area contributed by atoms with Crippen molar-refractivity contribution in [1.82, 2.24) is 9.61 Å². The summed E-state index contributed by atoms with van der Waals surface area (Å²) in [5.41, 5.74) is 2.58. The highest BCUT2D eigenvalue weighted by molar-refractivity contribution is 5.74. The molecule has 0 aliphatic carbocycles. The SMILES string of the molecule is CC(C)c1cc2cccc(C=O)n2n1. The normalized spacial score (nSPS) is 11.1. The van der Waals surface area contributed by atoms with Crippen LogP contribution in [0.2, 0.25) is 0 Å². The van der Waals surface area contributed by atoms with E-state index in [0.29, 0.717) is 11.6 Å². The summed E-state index contributed by atoms with van der Waals surface area (Å²) in [5, 5.41) is 4.37. The van der Waals surface area contributed by atoms with Gasteiger partial charge in [0.1, 0.15) is 5.69 Å². The summed E-state index contributed by atoms with van der Waals surface area (Å²) in [6, 6.07) is 7.59. The maximum absolute atomic E-state index is 10.7. The minimum absolute atomic E-state index is 0.384. The summed E-state index contributed by atoms with van der Waals surface area (Å²) in [6.07, 6.45) is 0.824. The molecule has 0 saturated carbocycles. The third-order valence-corrected chi connectivity index (χ3v) is 2.25. The van der Waals surface area contributed by atoms with Crippen LogP contribution in [0.15, 0.2) is 24.3 Å². The zero-order chi connectivity index (χ0) is 10.1. The van der Waals surface area contributed by atoms with Gasteiger partial charge in [-0.1, -0.05) is 19.9 Å². The van der Waals surface area contributed by atoms with Crippen molar-refractivity contribution in [2.24, 2.45) is 0 Å². The molecule has 0 spiro atoms. The van der Waals surface area contributed by atoms with Crippen LogP contribution in [-0.4, -0.2) is 15.9 Å². The Bertz CT molecular complexity index is 471. The first-order chi connectivity index (χ1) is 6.72. The third kappa shape index (κ3) is 1.31. The van der Waals surface area contributed by atoms with Crippen LogP contribution >= 0.6 is 0 Å². The smallest absolute Gasteiger partial charge is 0.168 e. The average Bonchev–Trinajstić information content (AvgIpc) is 2.60. The zero-order valence-corrected chi connectivity index (χ0v) is 8.27. The van der Waals surface area contributed by atoms with Gasteiger partial charge in [-0.2, -0.15) is 5.10 Å². The predicted molar refractivity (Wildman–Crippen MR) is 54.7 cm³/mol. The van der Waals surface area contributed by atoms with Gasteiger partial charge in [0.2, 0.25) is 0 Å². The fourth-order valence-electron chi connectivity index (χ4n) is 1.43. The molecule has 3 nitrogen and oxygen atoms in total. The molecule has 0 unspecified atom stereocenters. The number of pyridine rings is 1. The Balaban J connectivity index is 2.70. The maximum Gasteiger partial charge on any atom is 0.168 e. The molecule has 2 heterocycles. The number of aromatic nitrogens is 2. The van der Waals surface area contributed by atoms with Gasteiger partial charge >= 0.3 is 0 Å². The van der Waals surface area contributed by atoms with Gasteiger partial charge in [0, 0.05) is 0 Å². The molecule has 0 aromatic carbocycles. The maximum atomic E-state index is 10.7. The molecule has 0 atom stereocenters. The van der Waals surface area contributed by atoms with Crippen LogP contribution in [0.25, 0.3) is 5.52 Å². The summed E-state index contributed by atoms with van der Waals surface area (Å²) in [6.45, 7) is 4.17. The van der Waals surface area contributed by atoms with Crippen molar-refractivity contribution >= 4 is 11.8 Å². The molecule has 2 aromatic rings. The largest absolute Gasteiger partial charge is 0.296 e. The van der Waals surface area contributed by atoms with E-state index in [1.54, 1.807) is 10.6 Å². The molecule has 0 aliphatic rings. The van der Waals surface area contributed by atoms with Gasteiger partial charge in [0.05, 0.1) is 11.2 Å². The van der Waals surface area contributed by atoms with Crippen LogP contribution in [0.3, 0.4) is 0 Å². The second kappa shape index (κ2) is 3.25. The lowest BCUT2D eigenvalue weighted by Crippen LogP contribution is -1.97. The molecule has 14 heavy (non-hydrogen) atoms. The first kappa shape index (κ1) is 8.94. The summed E-state index contributed by atoms with van der Waals surface area (Å²) in [4.78, 5) is 10.7. The van der Waals surface area contributed by atoms with E-state index in [-0.39, 0.29) is 0 Å². The second-order valence-electron chi connectivity index (χ2n) is 3.63. The Labute approximate surface area is 82.4 Å². The number of carbonyl (C=O) groups is 1. The molecule has 72 valence electrons. The van der Waals surface area contributed by atoms with Gasteiger partial charge in [-0.25, -0.2) is 4.52 Å². The lowest BCUT2D eigenvalue weighted by atomic mass is 10.1. The second-order valence-corrected chi connectivity index (χ2v) is 3.63. The number of rotatable bonds is 2. The van der Waals surface area contributed by atoms with Gasteiger partial charge in [-0.05, 0) is 24.1 Å². The van der Waals surface area contributed by atoms with Crippen LogP contribution in [0.1, 0.15) is 35.9 Å². The van der Waals surface area contributed by atoms with E-state index in [1.807, 2.05) is 18.2 Å². The average molecular weight is 188 g/mol. The number of aldehydes is 1. The minimum atomic E-state index is 0.384. The van der Waals surface area contributed by atoms with Crippen LogP contribution in [0, 0.1) is 0 Å². The topological polar surface area (TPSA) is 34.4 Å². The monoisotopic (exact) mass is 188 g/mol. The number of hydrogen-bond donors (Lipinski definition) is 0. The first-order valence-corrected chi connectivity index (χ1v) is 4.66. The van der Waals surface area contributed by atoms with Gasteiger partial charge in [0.15, 0.2) is 6.29 Å². The van der Waals surface area contributed by atoms with Crippen LogP contribution in [-0.2, 0) is 0 Å². The Kier molecular flexibility index (Phi) is 2.08. The van der Waals surface area contributed by atoms with Crippen molar-refractivity contribution in [1.29, 1.82) is 0 Å². The van der Waals surface area contributed by atoms with E-state index in [9.17, 15) is 4.79 Å². The van der Waals surface area contributed by atoms with Gasteiger partial charge in [-0.3, -0.25) is 4.79 Å². The number of fused-ring (bicyclic) bond motifs is 1. The highest BCUT2D eigenvalue weighted by atomic mass is 16.1. The molecular weight excluding hydrogens is 176 g/mol. The van der Waals surface area contributed by atoms with Crippen molar-refractivity contribution in [3.63, 3.8) is 0 Å². The fourth-order valence-corrected chi connectivity index (χ4v) is 1.43. The zero-order valence-electron chi connectivity index (χ0n) is 8.27. The van der Waals surface area contributed by atoms with Crippen molar-refractivity contribution < 1.29 is 4.79 Å². The van der Waals surface area contributed by atoms with E-state index in [4.69, 9.17) is 0 Å². The molecule has 0 radical (unpaired) electrons. The van der Waals surface area contributed by atoms with E-state index in [2.05, 4.69) is 18.9 Å². The Hall–Kier alpha value is -1.64. The molecule has 0 N–H and O–H groups in total. The summed E-state index contributed by atoms with van der Waals surface area (Å²) >= 11 is 0. The molecule has 2 rings (SSSR count). The van der Waals surface area contributed by atoms with Gasteiger partial charge in [-0.15, -0.1) is 0 Å². The minimum Gasteiger partial charge on any atom is -0.296 e. The summed E-state index contributed by atoms with van der Waals surface area (Å²) in [5.74, 6) is 0.384. The quantitative estimate of drug-likeness (QED) is 0.677. The van der Waals surface area contributed by atoms with Crippen LogP contribution in [0.4, 0.5) is 0 Å². The van der Waals surface area contributed by atoms with Crippen molar-refractivity contribution in [3.05, 3.63) is 35.7 Å². The molecule has 0 saturated heterocycles. The van der Waals surface area contributed by atoms with Crippen molar-refractivity contribution in [2.45, 2.75) is 19.8 Å². The summed E-state index contributed by atoms with van der Waals surface area (Å²) < 4.78 is 1.68. The molecule has 0 fully saturated rings. The van der Waals surface area contributed by atoms with E-state index in [0.717, 1.165) is 17.5 Å². The number of nitrogens with zero attached hydrogens (tertiary/aromatic N) is 2. The highest BCUT2D eigenvalue weighted by Crippen LogP contribution is 2.15. The number of hydrogen-bond acceptors (Lipinski definition) is 2. The van der Waals surface area contributed by atoms with E-state index in [1.165, 1.54) is 0 Å². The molecular formula is C11H12N2O. The van der Waals surface area contributed by atoms with Crippen LogP contribution in [0.5, 0.6) is 0 Å². The fraction of sp³-hybridized carbons (Fsp3) is 0.273. The van der Waals surface area contributed by atoms with E-state index >= 15 is 0 Å². The molecule has 2 aromatic heterocycles. The lowest BCUT2D eigenvalue weighted by Gasteiger charge is -1.97. The third-order valence-electron chi connectivity index (χ3n) is 2.25. The first-order valence-electron chi connectivity index (χ1n) is 4.66. The van der Waals surface area contributed by atoms with Crippen molar-refractivity contribution in [2.75, 3.05) is 0 Å². The molecule has 3 heteroatoms. The van der Waals surface area contributed by atoms with Crippen LogP contribution < -0.4 is 0 Å². The standard InChI is InChI=1S/C11H12N2O/c1-8(2)11-6-9-4-3-5-10(7-14)13(9)12-11/h3-8H,1-2H3. The molecule has 0 aliphatic heterocycles. The van der Waals surface area contributed by atoms with Crippen molar-refractivity contribution in [3.8, 4) is 0 Å². The van der Waals surface area contributed by atoms with E-state index < -0.39 is 0 Å². The molecule has 0 bridgehead atoms. The lowest BCUT2D eigenvalue weighted by molar-refractivity contribution is 0.111. The van der Waals surface area contributed by atoms with Gasteiger partial charge in [0.25, 0.3) is 0 Å². The Morgan fingerprint density at radius 3 is 2.86 bits per heavy atom. The number of carbonyl (C=O) groups excluding carboxylic acids is 1. The van der Waals surface area contributed by atoms with Gasteiger partial charge < -0.3 is 0 Å². The Morgan fingerprint density at radius 1 is 1.43 bits per heavy atom. The summed E-state index contributed by atoms with van der Waals surface area (Å²) in [7, 11) is 0. The Morgan fingerprint density at radius 2 is 2.21 bits per heavy atom.